The molecule has 0 atom stereocenters. The fraction of sp³-hybridized carbons (Fsp3) is 0.417. The van der Waals surface area contributed by atoms with Gasteiger partial charge in [0, 0.05) is 13.2 Å². The van der Waals surface area contributed by atoms with E-state index in [0.717, 1.165) is 0 Å². The van der Waals surface area contributed by atoms with Gasteiger partial charge in [-0.05, 0) is 32.9 Å². The zero-order valence-corrected chi connectivity index (χ0v) is 12.7. The number of rotatable bonds is 3. The first kappa shape index (κ1) is 16.1. The van der Waals surface area contributed by atoms with Crippen LogP contribution in [0.1, 0.15) is 20.8 Å². The summed E-state index contributed by atoms with van der Waals surface area (Å²) in [5, 5.41) is 25.6. The molecule has 0 aliphatic rings. The minimum absolute atomic E-state index is 0.119. The molecule has 9 nitrogen and oxygen atoms in total. The second kappa shape index (κ2) is 5.81. The maximum atomic E-state index is 12.1. The van der Waals surface area contributed by atoms with Crippen molar-refractivity contribution >= 4 is 25.0 Å². The van der Waals surface area contributed by atoms with Gasteiger partial charge in [0.05, 0.1) is 0 Å². The number of fused-ring (bicyclic) bond motifs is 1. The second-order valence-corrected chi connectivity index (χ2v) is 5.55. The Labute approximate surface area is 127 Å². The zero-order valence-electron chi connectivity index (χ0n) is 12.7. The third-order valence-electron chi connectivity index (χ3n) is 2.58. The summed E-state index contributed by atoms with van der Waals surface area (Å²) in [7, 11) is -0.478. The van der Waals surface area contributed by atoms with Crippen LogP contribution in [0.15, 0.2) is 18.3 Å². The Bertz CT molecular complexity index is 682. The fourth-order valence-corrected chi connectivity index (χ4v) is 1.73. The van der Waals surface area contributed by atoms with Crippen LogP contribution in [0.2, 0.25) is 0 Å². The van der Waals surface area contributed by atoms with Crippen molar-refractivity contribution in [2.45, 2.75) is 26.4 Å². The van der Waals surface area contributed by atoms with Crippen LogP contribution >= 0.6 is 0 Å². The molecule has 0 bridgehead atoms. The van der Waals surface area contributed by atoms with Crippen molar-refractivity contribution in [3.05, 3.63) is 18.3 Å². The molecule has 0 spiro atoms. The van der Waals surface area contributed by atoms with Crippen molar-refractivity contribution in [2.24, 2.45) is 0 Å². The number of pyridine rings is 1. The normalized spacial score (nSPS) is 11.4. The van der Waals surface area contributed by atoms with Crippen molar-refractivity contribution in [3.63, 3.8) is 0 Å². The van der Waals surface area contributed by atoms with E-state index in [4.69, 9.17) is 19.4 Å². The maximum Gasteiger partial charge on any atom is 0.707 e. The average molecular weight is 308 g/mol. The number of hydrogen-bond acceptors (Lipinski definition) is 7. The van der Waals surface area contributed by atoms with Crippen LogP contribution in [-0.2, 0) is 4.74 Å². The van der Waals surface area contributed by atoms with E-state index in [0.29, 0.717) is 0 Å². The van der Waals surface area contributed by atoms with Gasteiger partial charge in [-0.15, -0.1) is 10.2 Å². The van der Waals surface area contributed by atoms with Crippen LogP contribution < -0.4 is 9.55 Å². The van der Waals surface area contributed by atoms with E-state index in [2.05, 4.69) is 10.2 Å². The highest BCUT2D eigenvalue weighted by molar-refractivity contribution is 6.34. The number of aromatic nitrogens is 3. The lowest BCUT2D eigenvalue weighted by Gasteiger charge is -2.23. The molecule has 0 saturated carbocycles. The van der Waals surface area contributed by atoms with Crippen molar-refractivity contribution in [2.75, 3.05) is 11.9 Å². The third kappa shape index (κ3) is 3.46. The molecule has 0 saturated heterocycles. The number of ether oxygens (including phenoxy) is 1. The number of hydrogen-bond donors (Lipinski definition) is 2. The lowest BCUT2D eigenvalue weighted by molar-refractivity contribution is 0.0587. The quantitative estimate of drug-likeness (QED) is 0.792. The summed E-state index contributed by atoms with van der Waals surface area (Å²) in [5.74, 6) is 0.330. The zero-order chi connectivity index (χ0) is 16.5. The number of carbonyl (C=O) groups excluding carboxylic acids is 1. The Hall–Kier alpha value is -2.33. The van der Waals surface area contributed by atoms with E-state index in [-0.39, 0.29) is 17.3 Å². The molecule has 22 heavy (non-hydrogen) atoms. The molecular formula is C12H17BN4O5. The van der Waals surface area contributed by atoms with E-state index in [1.165, 1.54) is 22.4 Å². The van der Waals surface area contributed by atoms with Crippen LogP contribution in [0.25, 0.3) is 5.65 Å². The molecule has 2 heterocycles. The average Bonchev–Trinajstić information content (AvgIpc) is 2.80. The highest BCUT2D eigenvalue weighted by Gasteiger charge is 2.24. The van der Waals surface area contributed by atoms with E-state index in [1.54, 1.807) is 33.0 Å². The Morgan fingerprint density at radius 3 is 2.64 bits per heavy atom. The monoisotopic (exact) mass is 308 g/mol. The summed E-state index contributed by atoms with van der Waals surface area (Å²) in [5.41, 5.74) is -0.401. The van der Waals surface area contributed by atoms with Gasteiger partial charge < -0.3 is 19.4 Å². The molecule has 0 fully saturated rings. The lowest BCUT2D eigenvalue weighted by atomic mass is 10.2. The fourth-order valence-electron chi connectivity index (χ4n) is 1.73. The van der Waals surface area contributed by atoms with Crippen LogP contribution in [-0.4, -0.2) is 50.7 Å². The predicted octanol–water partition coefficient (Wildman–Crippen LogP) is 0.449. The Morgan fingerprint density at radius 2 is 2.05 bits per heavy atom. The van der Waals surface area contributed by atoms with E-state index < -0.39 is 19.0 Å². The topological polar surface area (TPSA) is 109 Å². The van der Waals surface area contributed by atoms with Crippen LogP contribution in [0.5, 0.6) is 5.75 Å². The van der Waals surface area contributed by atoms with E-state index in [1.807, 2.05) is 0 Å². The molecule has 0 aliphatic carbocycles. The molecule has 2 aromatic heterocycles. The first-order valence-electron chi connectivity index (χ1n) is 6.52. The molecule has 118 valence electrons. The first-order chi connectivity index (χ1) is 10.2. The summed E-state index contributed by atoms with van der Waals surface area (Å²) in [6, 6.07) is 3.10. The first-order valence-corrected chi connectivity index (χ1v) is 6.52. The Balaban J connectivity index is 2.35. The van der Waals surface area contributed by atoms with Crippen molar-refractivity contribution < 1.29 is 24.2 Å². The maximum absolute atomic E-state index is 12.1. The summed E-state index contributed by atoms with van der Waals surface area (Å²) in [6.07, 6.45) is 1.03. The summed E-state index contributed by atoms with van der Waals surface area (Å²) in [4.78, 5) is 13.3. The number of amides is 1. The van der Waals surface area contributed by atoms with Gasteiger partial charge in [0.25, 0.3) is 0 Å². The third-order valence-corrected chi connectivity index (χ3v) is 2.58. The summed E-state index contributed by atoms with van der Waals surface area (Å²) >= 11 is 0. The highest BCUT2D eigenvalue weighted by Crippen LogP contribution is 2.22. The van der Waals surface area contributed by atoms with Gasteiger partial charge in [-0.1, -0.05) is 0 Å². The van der Waals surface area contributed by atoms with Gasteiger partial charge in [0.1, 0.15) is 11.4 Å². The van der Waals surface area contributed by atoms with Crippen molar-refractivity contribution in [3.8, 4) is 5.75 Å². The van der Waals surface area contributed by atoms with Gasteiger partial charge in [0.2, 0.25) is 11.6 Å². The van der Waals surface area contributed by atoms with E-state index >= 15 is 0 Å². The van der Waals surface area contributed by atoms with Gasteiger partial charge >= 0.3 is 13.4 Å². The standard InChI is InChI=1S/C12H17BN4O5/c1-12(2,3)21-11(18)16(4)10-15-14-9-8(22-13(19)20)6-5-7-17(9)10/h5-7,19-20H,1-4H3. The van der Waals surface area contributed by atoms with Crippen LogP contribution in [0.4, 0.5) is 10.7 Å². The molecule has 2 N–H and O–H groups in total. The smallest absolute Gasteiger partial charge is 0.509 e. The van der Waals surface area contributed by atoms with Gasteiger partial charge in [0.15, 0.2) is 0 Å². The minimum atomic E-state index is -1.98. The highest BCUT2D eigenvalue weighted by atomic mass is 16.6. The SMILES string of the molecule is CN(C(=O)OC(C)(C)C)c1nnc2c(OB(O)O)cccn12. The molecule has 1 amide bonds. The summed E-state index contributed by atoms with van der Waals surface area (Å²) < 4.78 is 11.6. The minimum Gasteiger partial charge on any atom is -0.509 e. The summed E-state index contributed by atoms with van der Waals surface area (Å²) in [6.45, 7) is 5.28. The molecular weight excluding hydrogens is 291 g/mol. The number of anilines is 1. The van der Waals surface area contributed by atoms with Crippen LogP contribution in [0.3, 0.4) is 0 Å². The molecule has 0 aromatic carbocycles. The largest absolute Gasteiger partial charge is 0.707 e. The lowest BCUT2D eigenvalue weighted by Crippen LogP contribution is -2.35. The Kier molecular flexibility index (Phi) is 4.24. The number of nitrogens with zero attached hydrogens (tertiary/aromatic N) is 4. The number of carbonyl (C=O) groups is 1. The van der Waals surface area contributed by atoms with E-state index in [9.17, 15) is 4.79 Å². The van der Waals surface area contributed by atoms with Crippen molar-refractivity contribution in [1.82, 2.24) is 14.6 Å². The molecule has 10 heteroatoms. The molecule has 0 radical (unpaired) electrons. The molecule has 0 aliphatic heterocycles. The van der Waals surface area contributed by atoms with Gasteiger partial charge in [-0.2, -0.15) is 0 Å². The van der Waals surface area contributed by atoms with Gasteiger partial charge in [-0.3, -0.25) is 4.40 Å². The molecule has 2 aromatic rings. The van der Waals surface area contributed by atoms with Crippen molar-refractivity contribution in [1.29, 1.82) is 0 Å². The Morgan fingerprint density at radius 1 is 1.36 bits per heavy atom. The van der Waals surface area contributed by atoms with Gasteiger partial charge in [-0.25, -0.2) is 9.69 Å². The molecule has 2 rings (SSSR count). The predicted molar refractivity (Wildman–Crippen MR) is 78.4 cm³/mol. The second-order valence-electron chi connectivity index (χ2n) is 5.55. The molecule has 0 unspecified atom stereocenters. The van der Waals surface area contributed by atoms with Crippen LogP contribution in [0, 0.1) is 0 Å².